The number of pyridine rings is 1. The summed E-state index contributed by atoms with van der Waals surface area (Å²) in [6, 6.07) is 3.72. The van der Waals surface area contributed by atoms with Gasteiger partial charge in [-0.05, 0) is 49.3 Å². The van der Waals surface area contributed by atoms with Crippen LogP contribution in [-0.2, 0) is 0 Å². The number of aromatic nitrogens is 1. The van der Waals surface area contributed by atoms with Crippen molar-refractivity contribution in [2.75, 3.05) is 13.1 Å². The standard InChI is InChI=1S/C16H24N2O/c1-12-4-3-5-13(2)15(12)10-18-11-16(19)14-6-8-17-9-7-14/h4,6-9,13,15-16,18-19H,3,5,10-11H2,1-2H3. The highest BCUT2D eigenvalue weighted by atomic mass is 16.3. The van der Waals surface area contributed by atoms with Crippen LogP contribution in [0.4, 0.5) is 0 Å². The van der Waals surface area contributed by atoms with Gasteiger partial charge in [0.15, 0.2) is 0 Å². The number of hydrogen-bond acceptors (Lipinski definition) is 3. The lowest BCUT2D eigenvalue weighted by molar-refractivity contribution is 0.171. The van der Waals surface area contributed by atoms with Gasteiger partial charge in [0, 0.05) is 25.5 Å². The molecule has 3 unspecified atom stereocenters. The summed E-state index contributed by atoms with van der Waals surface area (Å²) in [4.78, 5) is 3.96. The molecule has 0 aliphatic heterocycles. The van der Waals surface area contributed by atoms with Gasteiger partial charge in [-0.2, -0.15) is 0 Å². The highest BCUT2D eigenvalue weighted by molar-refractivity contribution is 5.13. The highest BCUT2D eigenvalue weighted by Crippen LogP contribution is 2.29. The summed E-state index contributed by atoms with van der Waals surface area (Å²) in [5.74, 6) is 1.34. The average Bonchev–Trinajstić information content (AvgIpc) is 2.43. The lowest BCUT2D eigenvalue weighted by Crippen LogP contribution is -2.32. The Balaban J connectivity index is 1.80. The van der Waals surface area contributed by atoms with E-state index in [-0.39, 0.29) is 0 Å². The number of aliphatic hydroxyl groups is 1. The minimum absolute atomic E-state index is 0.453. The summed E-state index contributed by atoms with van der Waals surface area (Å²) in [5.41, 5.74) is 2.41. The Morgan fingerprint density at radius 1 is 1.42 bits per heavy atom. The fourth-order valence-corrected chi connectivity index (χ4v) is 2.82. The van der Waals surface area contributed by atoms with E-state index in [9.17, 15) is 5.11 Å². The van der Waals surface area contributed by atoms with Crippen molar-refractivity contribution in [1.82, 2.24) is 10.3 Å². The maximum atomic E-state index is 10.1. The van der Waals surface area contributed by atoms with Crippen molar-refractivity contribution in [2.24, 2.45) is 11.8 Å². The van der Waals surface area contributed by atoms with E-state index < -0.39 is 6.10 Å². The van der Waals surface area contributed by atoms with E-state index in [1.165, 1.54) is 18.4 Å². The molecule has 1 heterocycles. The van der Waals surface area contributed by atoms with Crippen LogP contribution in [0.1, 0.15) is 38.4 Å². The zero-order valence-electron chi connectivity index (χ0n) is 11.8. The third-order valence-corrected chi connectivity index (χ3v) is 4.15. The Kier molecular flexibility index (Phi) is 5.11. The number of nitrogens with zero attached hydrogens (tertiary/aromatic N) is 1. The molecule has 0 amide bonds. The largest absolute Gasteiger partial charge is 0.387 e. The van der Waals surface area contributed by atoms with Crippen molar-refractivity contribution in [1.29, 1.82) is 0 Å². The minimum Gasteiger partial charge on any atom is -0.387 e. The second-order valence-electron chi connectivity index (χ2n) is 5.56. The van der Waals surface area contributed by atoms with E-state index in [1.807, 2.05) is 12.1 Å². The van der Waals surface area contributed by atoms with Gasteiger partial charge in [0.25, 0.3) is 0 Å². The van der Waals surface area contributed by atoms with E-state index in [0.29, 0.717) is 12.5 Å². The molecule has 19 heavy (non-hydrogen) atoms. The summed E-state index contributed by atoms with van der Waals surface area (Å²) in [6.07, 6.45) is 7.82. The molecular formula is C16H24N2O. The second-order valence-corrected chi connectivity index (χ2v) is 5.56. The molecule has 0 aromatic carbocycles. The zero-order chi connectivity index (χ0) is 13.7. The van der Waals surface area contributed by atoms with Crippen LogP contribution in [0.2, 0.25) is 0 Å². The van der Waals surface area contributed by atoms with E-state index in [2.05, 4.69) is 30.2 Å². The van der Waals surface area contributed by atoms with Gasteiger partial charge >= 0.3 is 0 Å². The molecule has 3 nitrogen and oxygen atoms in total. The predicted molar refractivity (Wildman–Crippen MR) is 77.7 cm³/mol. The molecule has 0 saturated carbocycles. The average molecular weight is 260 g/mol. The molecule has 0 spiro atoms. The molecule has 1 aliphatic carbocycles. The Bertz CT molecular complexity index is 416. The summed E-state index contributed by atoms with van der Waals surface area (Å²) >= 11 is 0. The molecule has 0 saturated heterocycles. The van der Waals surface area contributed by atoms with Crippen LogP contribution in [0.25, 0.3) is 0 Å². The molecule has 1 aliphatic rings. The van der Waals surface area contributed by atoms with Crippen LogP contribution in [-0.4, -0.2) is 23.2 Å². The third kappa shape index (κ3) is 3.88. The number of nitrogens with one attached hydrogen (secondary N) is 1. The van der Waals surface area contributed by atoms with E-state index in [4.69, 9.17) is 0 Å². The summed E-state index contributed by atoms with van der Waals surface area (Å²) in [7, 11) is 0. The first kappa shape index (κ1) is 14.2. The van der Waals surface area contributed by atoms with Crippen molar-refractivity contribution in [3.8, 4) is 0 Å². The van der Waals surface area contributed by atoms with E-state index >= 15 is 0 Å². The molecule has 2 rings (SSSR count). The molecule has 3 atom stereocenters. The van der Waals surface area contributed by atoms with Gasteiger partial charge in [0.2, 0.25) is 0 Å². The predicted octanol–water partition coefficient (Wildman–Crippen LogP) is 2.70. The monoisotopic (exact) mass is 260 g/mol. The molecule has 0 bridgehead atoms. The summed E-state index contributed by atoms with van der Waals surface area (Å²) in [5, 5.41) is 13.5. The molecule has 0 radical (unpaired) electrons. The maximum absolute atomic E-state index is 10.1. The van der Waals surface area contributed by atoms with Crippen LogP contribution in [0, 0.1) is 11.8 Å². The maximum Gasteiger partial charge on any atom is 0.0915 e. The summed E-state index contributed by atoms with van der Waals surface area (Å²) < 4.78 is 0. The first-order chi connectivity index (χ1) is 9.18. The van der Waals surface area contributed by atoms with Crippen LogP contribution in [0.3, 0.4) is 0 Å². The lowest BCUT2D eigenvalue weighted by atomic mass is 9.80. The van der Waals surface area contributed by atoms with Gasteiger partial charge in [-0.3, -0.25) is 4.98 Å². The molecule has 1 aromatic heterocycles. The Morgan fingerprint density at radius 2 is 2.16 bits per heavy atom. The van der Waals surface area contributed by atoms with Crippen molar-refractivity contribution in [3.05, 3.63) is 41.7 Å². The first-order valence-electron chi connectivity index (χ1n) is 7.14. The van der Waals surface area contributed by atoms with Gasteiger partial charge in [0.1, 0.15) is 0 Å². The molecule has 104 valence electrons. The van der Waals surface area contributed by atoms with Crippen LogP contribution < -0.4 is 5.32 Å². The molecular weight excluding hydrogens is 236 g/mol. The number of allylic oxidation sites excluding steroid dienone is 1. The van der Waals surface area contributed by atoms with Crippen molar-refractivity contribution >= 4 is 0 Å². The van der Waals surface area contributed by atoms with Gasteiger partial charge in [-0.1, -0.05) is 18.6 Å². The zero-order valence-corrected chi connectivity index (χ0v) is 11.8. The van der Waals surface area contributed by atoms with Crippen LogP contribution >= 0.6 is 0 Å². The first-order valence-corrected chi connectivity index (χ1v) is 7.14. The van der Waals surface area contributed by atoms with Crippen LogP contribution in [0.15, 0.2) is 36.2 Å². The third-order valence-electron chi connectivity index (χ3n) is 4.15. The minimum atomic E-state index is -0.453. The Labute approximate surface area is 115 Å². The number of aliphatic hydroxyl groups excluding tert-OH is 1. The number of rotatable bonds is 5. The van der Waals surface area contributed by atoms with Gasteiger partial charge < -0.3 is 10.4 Å². The van der Waals surface area contributed by atoms with Gasteiger partial charge in [-0.25, -0.2) is 0 Å². The molecule has 3 heteroatoms. The lowest BCUT2D eigenvalue weighted by Gasteiger charge is -2.29. The fourth-order valence-electron chi connectivity index (χ4n) is 2.82. The van der Waals surface area contributed by atoms with Crippen molar-refractivity contribution in [2.45, 2.75) is 32.8 Å². The van der Waals surface area contributed by atoms with E-state index in [1.54, 1.807) is 12.4 Å². The smallest absolute Gasteiger partial charge is 0.0915 e. The summed E-state index contributed by atoms with van der Waals surface area (Å²) in [6.45, 7) is 6.09. The van der Waals surface area contributed by atoms with Crippen molar-refractivity contribution < 1.29 is 5.11 Å². The Morgan fingerprint density at radius 3 is 2.84 bits per heavy atom. The second kappa shape index (κ2) is 6.83. The highest BCUT2D eigenvalue weighted by Gasteiger charge is 2.21. The van der Waals surface area contributed by atoms with E-state index in [0.717, 1.165) is 18.0 Å². The molecule has 0 fully saturated rings. The van der Waals surface area contributed by atoms with Crippen LogP contribution in [0.5, 0.6) is 0 Å². The topological polar surface area (TPSA) is 45.1 Å². The quantitative estimate of drug-likeness (QED) is 0.800. The SMILES string of the molecule is CC1=CCCC(C)C1CNCC(O)c1ccncc1. The number of hydrogen-bond donors (Lipinski definition) is 2. The Hall–Kier alpha value is -1.19. The normalized spacial score (nSPS) is 24.9. The molecule has 1 aromatic rings. The molecule has 2 N–H and O–H groups in total. The van der Waals surface area contributed by atoms with Gasteiger partial charge in [0.05, 0.1) is 6.10 Å². The fraction of sp³-hybridized carbons (Fsp3) is 0.562. The van der Waals surface area contributed by atoms with Gasteiger partial charge in [-0.15, -0.1) is 0 Å². The van der Waals surface area contributed by atoms with Crippen molar-refractivity contribution in [3.63, 3.8) is 0 Å².